The Morgan fingerprint density at radius 1 is 1.17 bits per heavy atom. The van der Waals surface area contributed by atoms with Crippen molar-refractivity contribution >= 4 is 5.91 Å². The number of primary amides is 1. The first-order chi connectivity index (χ1) is 14.0. The molecule has 4 rings (SSSR count). The number of carbonyl (C=O) groups is 1. The molecule has 1 amide bonds. The Morgan fingerprint density at radius 3 is 2.66 bits per heavy atom. The molecule has 29 heavy (non-hydrogen) atoms. The standard InChI is InChI=1S/C20H19N5O4/c1-12-9-13(2)25(23-12)10-16-7-8-17(28-16)20-22-19(24-29-20)14-3-5-15(6-4-14)27-11-18(21)26/h3-9H,10-11H2,1-2H3,(H2,21,26). The summed E-state index contributed by atoms with van der Waals surface area (Å²) in [6.45, 7) is 4.30. The molecule has 0 unspecified atom stereocenters. The number of nitrogens with zero attached hydrogens (tertiary/aromatic N) is 4. The molecule has 3 heterocycles. The van der Waals surface area contributed by atoms with Gasteiger partial charge in [0.2, 0.25) is 5.82 Å². The van der Waals surface area contributed by atoms with Gasteiger partial charge in [0.15, 0.2) is 12.4 Å². The minimum absolute atomic E-state index is 0.176. The van der Waals surface area contributed by atoms with Crippen LogP contribution in [0.5, 0.6) is 5.75 Å². The Hall–Kier alpha value is -3.88. The Labute approximate surface area is 166 Å². The summed E-state index contributed by atoms with van der Waals surface area (Å²) in [5.41, 5.74) is 7.82. The number of hydrogen-bond donors (Lipinski definition) is 1. The first kappa shape index (κ1) is 18.5. The summed E-state index contributed by atoms with van der Waals surface area (Å²) in [6.07, 6.45) is 0. The number of furan rings is 1. The highest BCUT2D eigenvalue weighted by Gasteiger charge is 2.15. The van der Waals surface area contributed by atoms with Gasteiger partial charge in [0.05, 0.1) is 12.2 Å². The number of hydrogen-bond acceptors (Lipinski definition) is 7. The summed E-state index contributed by atoms with van der Waals surface area (Å²) in [6, 6.07) is 12.6. The molecule has 3 aromatic heterocycles. The van der Waals surface area contributed by atoms with Crippen LogP contribution in [0.1, 0.15) is 17.1 Å². The summed E-state index contributed by atoms with van der Waals surface area (Å²) in [5.74, 6) is 1.92. The Morgan fingerprint density at radius 2 is 1.97 bits per heavy atom. The monoisotopic (exact) mass is 393 g/mol. The van der Waals surface area contributed by atoms with Crippen molar-refractivity contribution in [1.29, 1.82) is 0 Å². The maximum atomic E-state index is 10.8. The normalized spacial score (nSPS) is 11.0. The van der Waals surface area contributed by atoms with Crippen molar-refractivity contribution in [3.05, 3.63) is 59.6 Å². The maximum absolute atomic E-state index is 10.8. The lowest BCUT2D eigenvalue weighted by Gasteiger charge is -2.03. The summed E-state index contributed by atoms with van der Waals surface area (Å²) < 4.78 is 18.3. The average molecular weight is 393 g/mol. The minimum Gasteiger partial charge on any atom is -0.484 e. The van der Waals surface area contributed by atoms with Gasteiger partial charge in [0.25, 0.3) is 11.8 Å². The van der Waals surface area contributed by atoms with Crippen LogP contribution in [0.4, 0.5) is 0 Å². The maximum Gasteiger partial charge on any atom is 0.293 e. The fourth-order valence-electron chi connectivity index (χ4n) is 2.86. The molecule has 0 bridgehead atoms. The number of aromatic nitrogens is 4. The number of nitrogens with two attached hydrogens (primary N) is 1. The molecule has 9 heteroatoms. The molecule has 0 aliphatic heterocycles. The highest BCUT2D eigenvalue weighted by atomic mass is 16.5. The lowest BCUT2D eigenvalue weighted by molar-refractivity contribution is -0.119. The van der Waals surface area contributed by atoms with Crippen molar-refractivity contribution in [2.75, 3.05) is 6.61 Å². The van der Waals surface area contributed by atoms with E-state index < -0.39 is 5.91 Å². The van der Waals surface area contributed by atoms with Crippen molar-refractivity contribution in [3.8, 4) is 28.8 Å². The van der Waals surface area contributed by atoms with Gasteiger partial charge < -0.3 is 19.4 Å². The SMILES string of the molecule is Cc1cc(C)n(Cc2ccc(-c3nc(-c4ccc(OCC(N)=O)cc4)no3)o2)n1. The lowest BCUT2D eigenvalue weighted by Crippen LogP contribution is -2.19. The van der Waals surface area contributed by atoms with Gasteiger partial charge >= 0.3 is 0 Å². The van der Waals surface area contributed by atoms with Gasteiger partial charge in [-0.15, -0.1) is 0 Å². The quantitative estimate of drug-likeness (QED) is 0.512. The van der Waals surface area contributed by atoms with Crippen LogP contribution in [0.25, 0.3) is 23.0 Å². The van der Waals surface area contributed by atoms with Gasteiger partial charge in [-0.25, -0.2) is 0 Å². The van der Waals surface area contributed by atoms with E-state index in [2.05, 4.69) is 15.2 Å². The number of carbonyl (C=O) groups excluding carboxylic acids is 1. The molecule has 0 atom stereocenters. The third kappa shape index (κ3) is 4.18. The average Bonchev–Trinajstić information content (AvgIpc) is 3.41. The Balaban J connectivity index is 1.47. The van der Waals surface area contributed by atoms with Crippen molar-refractivity contribution in [1.82, 2.24) is 19.9 Å². The van der Waals surface area contributed by atoms with Gasteiger partial charge in [0, 0.05) is 11.3 Å². The molecule has 0 fully saturated rings. The zero-order valence-corrected chi connectivity index (χ0v) is 16.0. The molecular weight excluding hydrogens is 374 g/mol. The molecule has 0 aliphatic carbocycles. The van der Waals surface area contributed by atoms with Gasteiger partial charge in [-0.2, -0.15) is 10.1 Å². The summed E-state index contributed by atoms with van der Waals surface area (Å²) in [5, 5.41) is 8.43. The number of aryl methyl sites for hydroxylation is 2. The molecule has 148 valence electrons. The smallest absolute Gasteiger partial charge is 0.293 e. The van der Waals surface area contributed by atoms with Gasteiger partial charge in [-0.3, -0.25) is 9.48 Å². The van der Waals surface area contributed by atoms with Crippen LogP contribution in [0.2, 0.25) is 0 Å². The van der Waals surface area contributed by atoms with Crippen LogP contribution in [0.3, 0.4) is 0 Å². The van der Waals surface area contributed by atoms with Gasteiger partial charge in [0.1, 0.15) is 11.5 Å². The minimum atomic E-state index is -0.535. The first-order valence-electron chi connectivity index (χ1n) is 8.93. The second-order valence-electron chi connectivity index (χ2n) is 6.55. The predicted octanol–water partition coefficient (Wildman–Crippen LogP) is 2.72. The van der Waals surface area contributed by atoms with E-state index in [9.17, 15) is 4.79 Å². The van der Waals surface area contributed by atoms with E-state index in [1.165, 1.54) is 0 Å². The van der Waals surface area contributed by atoms with E-state index >= 15 is 0 Å². The van der Waals surface area contributed by atoms with E-state index in [-0.39, 0.29) is 12.5 Å². The zero-order valence-electron chi connectivity index (χ0n) is 16.0. The number of rotatable bonds is 7. The molecule has 0 saturated carbocycles. The van der Waals surface area contributed by atoms with Crippen LogP contribution in [0, 0.1) is 13.8 Å². The molecular formula is C20H19N5O4. The fraction of sp³-hybridized carbons (Fsp3) is 0.200. The van der Waals surface area contributed by atoms with E-state index in [1.54, 1.807) is 30.3 Å². The van der Waals surface area contributed by atoms with E-state index in [1.807, 2.05) is 30.7 Å². The lowest BCUT2D eigenvalue weighted by atomic mass is 10.2. The molecule has 9 nitrogen and oxygen atoms in total. The fourth-order valence-corrected chi connectivity index (χ4v) is 2.86. The highest BCUT2D eigenvalue weighted by Crippen LogP contribution is 2.25. The molecule has 0 spiro atoms. The molecule has 0 saturated heterocycles. The number of ether oxygens (including phenoxy) is 1. The summed E-state index contributed by atoms with van der Waals surface area (Å²) >= 11 is 0. The molecule has 4 aromatic rings. The molecule has 0 radical (unpaired) electrons. The summed E-state index contributed by atoms with van der Waals surface area (Å²) in [7, 11) is 0. The zero-order chi connectivity index (χ0) is 20.4. The Bertz CT molecular complexity index is 1140. The van der Waals surface area contributed by atoms with Crippen molar-refractivity contribution in [2.45, 2.75) is 20.4 Å². The van der Waals surface area contributed by atoms with Crippen molar-refractivity contribution in [2.24, 2.45) is 5.73 Å². The highest BCUT2D eigenvalue weighted by molar-refractivity contribution is 5.75. The van der Waals surface area contributed by atoms with Gasteiger partial charge in [-0.1, -0.05) is 5.16 Å². The largest absolute Gasteiger partial charge is 0.484 e. The van der Waals surface area contributed by atoms with Crippen LogP contribution >= 0.6 is 0 Å². The van der Waals surface area contributed by atoms with E-state index in [0.29, 0.717) is 23.9 Å². The van der Waals surface area contributed by atoms with Crippen LogP contribution in [-0.2, 0) is 11.3 Å². The van der Waals surface area contributed by atoms with Crippen LogP contribution in [0.15, 0.2) is 51.4 Å². The Kier molecular flexibility index (Phi) is 4.86. The predicted molar refractivity (Wildman–Crippen MR) is 103 cm³/mol. The molecule has 0 aliphatic rings. The van der Waals surface area contributed by atoms with Crippen molar-refractivity contribution in [3.63, 3.8) is 0 Å². The second-order valence-corrected chi connectivity index (χ2v) is 6.55. The number of benzene rings is 1. The summed E-state index contributed by atoms with van der Waals surface area (Å²) in [4.78, 5) is 15.2. The topological polar surface area (TPSA) is 122 Å². The van der Waals surface area contributed by atoms with Crippen molar-refractivity contribution < 1.29 is 18.5 Å². The van der Waals surface area contributed by atoms with Crippen LogP contribution < -0.4 is 10.5 Å². The van der Waals surface area contributed by atoms with Crippen LogP contribution in [-0.4, -0.2) is 32.4 Å². The number of amides is 1. The van der Waals surface area contributed by atoms with E-state index in [4.69, 9.17) is 19.4 Å². The molecule has 2 N–H and O–H groups in total. The first-order valence-corrected chi connectivity index (χ1v) is 8.93. The third-order valence-corrected chi connectivity index (χ3v) is 4.20. The van der Waals surface area contributed by atoms with E-state index in [0.717, 1.165) is 22.7 Å². The molecule has 1 aromatic carbocycles. The van der Waals surface area contributed by atoms with Gasteiger partial charge in [-0.05, 0) is 56.3 Å². The third-order valence-electron chi connectivity index (χ3n) is 4.20. The second kappa shape index (κ2) is 7.63.